The quantitative estimate of drug-likeness (QED) is 0.863. The summed E-state index contributed by atoms with van der Waals surface area (Å²) in [5.74, 6) is 0.508. The molecule has 0 aliphatic rings. The van der Waals surface area contributed by atoms with Crippen molar-refractivity contribution in [3.05, 3.63) is 52.6 Å². The number of nitrogens with zero attached hydrogens (tertiary/aromatic N) is 1. The number of hydrogen-bond donors (Lipinski definition) is 2. The van der Waals surface area contributed by atoms with Crippen LogP contribution in [0.3, 0.4) is 0 Å². The Hall–Kier alpha value is -1.44. The maximum atomic E-state index is 12.2. The molecule has 1 heterocycles. The van der Waals surface area contributed by atoms with Crippen LogP contribution in [0.15, 0.2) is 52.0 Å². The summed E-state index contributed by atoms with van der Waals surface area (Å²) in [6, 6.07) is 10.4. The number of sulfonamides is 1. The highest BCUT2D eigenvalue weighted by Gasteiger charge is 2.14. The summed E-state index contributed by atoms with van der Waals surface area (Å²) >= 11 is 3.39. The van der Waals surface area contributed by atoms with Crippen molar-refractivity contribution >= 4 is 31.8 Å². The van der Waals surface area contributed by atoms with Gasteiger partial charge in [0.15, 0.2) is 0 Å². The van der Waals surface area contributed by atoms with E-state index in [2.05, 4.69) is 31.0 Å². The summed E-state index contributed by atoms with van der Waals surface area (Å²) < 4.78 is 27.8. The molecule has 106 valence electrons. The molecule has 0 spiro atoms. The standard InChI is InChI=1S/C13H14BrN3O2S/c1-15-13-8-11(6-7-16-13)20(18,19)17-9-10-4-2-3-5-12(10)14/h2-8,17H,9H2,1H3,(H,15,16). The van der Waals surface area contributed by atoms with Crippen molar-refractivity contribution in [3.63, 3.8) is 0 Å². The predicted octanol–water partition coefficient (Wildman–Crippen LogP) is 2.36. The van der Waals surface area contributed by atoms with Crippen molar-refractivity contribution in [1.29, 1.82) is 0 Å². The van der Waals surface area contributed by atoms with Crippen molar-refractivity contribution < 1.29 is 8.42 Å². The third-order valence-corrected chi connectivity index (χ3v) is 4.88. The topological polar surface area (TPSA) is 71.1 Å². The van der Waals surface area contributed by atoms with Crippen LogP contribution >= 0.6 is 15.9 Å². The van der Waals surface area contributed by atoms with Gasteiger partial charge in [-0.1, -0.05) is 34.1 Å². The van der Waals surface area contributed by atoms with E-state index < -0.39 is 10.0 Å². The third-order valence-electron chi connectivity index (χ3n) is 2.71. The molecule has 0 saturated heterocycles. The summed E-state index contributed by atoms with van der Waals surface area (Å²) in [6.07, 6.45) is 1.46. The van der Waals surface area contributed by atoms with Crippen molar-refractivity contribution in [2.45, 2.75) is 11.4 Å². The molecule has 0 saturated carbocycles. The van der Waals surface area contributed by atoms with Gasteiger partial charge >= 0.3 is 0 Å². The second-order valence-electron chi connectivity index (χ2n) is 4.04. The minimum absolute atomic E-state index is 0.184. The summed E-state index contributed by atoms with van der Waals surface area (Å²) in [6.45, 7) is 0.223. The number of aromatic nitrogens is 1. The number of anilines is 1. The molecule has 1 aromatic heterocycles. The minimum atomic E-state index is -3.56. The van der Waals surface area contributed by atoms with Gasteiger partial charge in [0.1, 0.15) is 5.82 Å². The maximum absolute atomic E-state index is 12.2. The second kappa shape index (κ2) is 6.34. The highest BCUT2D eigenvalue weighted by molar-refractivity contribution is 9.10. The first kappa shape index (κ1) is 15.0. The van der Waals surface area contributed by atoms with Gasteiger partial charge in [-0.15, -0.1) is 0 Å². The number of benzene rings is 1. The monoisotopic (exact) mass is 355 g/mol. The zero-order chi connectivity index (χ0) is 14.6. The van der Waals surface area contributed by atoms with Gasteiger partial charge in [0.25, 0.3) is 0 Å². The summed E-state index contributed by atoms with van der Waals surface area (Å²) in [4.78, 5) is 4.18. The zero-order valence-electron chi connectivity index (χ0n) is 10.8. The molecule has 2 N–H and O–H groups in total. The number of hydrogen-bond acceptors (Lipinski definition) is 4. The lowest BCUT2D eigenvalue weighted by Crippen LogP contribution is -2.23. The molecule has 0 unspecified atom stereocenters. The molecule has 20 heavy (non-hydrogen) atoms. The fourth-order valence-corrected chi connectivity index (χ4v) is 3.06. The molecular weight excluding hydrogens is 342 g/mol. The van der Waals surface area contributed by atoms with Crippen LogP contribution in [0.4, 0.5) is 5.82 Å². The van der Waals surface area contributed by atoms with Gasteiger partial charge in [0.2, 0.25) is 10.0 Å². The van der Waals surface area contributed by atoms with Crippen LogP contribution in [0.1, 0.15) is 5.56 Å². The predicted molar refractivity (Wildman–Crippen MR) is 82.0 cm³/mol. The molecular formula is C13H14BrN3O2S. The van der Waals surface area contributed by atoms with Gasteiger partial charge in [0, 0.05) is 30.3 Å². The largest absolute Gasteiger partial charge is 0.373 e. The average molecular weight is 356 g/mol. The SMILES string of the molecule is CNc1cc(S(=O)(=O)NCc2ccccc2Br)ccn1. The van der Waals surface area contributed by atoms with Crippen molar-refractivity contribution in [2.24, 2.45) is 0 Å². The summed E-state index contributed by atoms with van der Waals surface area (Å²) in [7, 11) is -1.87. The fraction of sp³-hybridized carbons (Fsp3) is 0.154. The molecule has 7 heteroatoms. The van der Waals surface area contributed by atoms with E-state index >= 15 is 0 Å². The fourth-order valence-electron chi connectivity index (χ4n) is 1.61. The first-order valence-corrected chi connectivity index (χ1v) is 8.17. The molecule has 0 aliphatic carbocycles. The third kappa shape index (κ3) is 3.56. The van der Waals surface area contributed by atoms with Crippen molar-refractivity contribution in [2.75, 3.05) is 12.4 Å². The first-order valence-electron chi connectivity index (χ1n) is 5.90. The van der Waals surface area contributed by atoms with Crippen molar-refractivity contribution in [1.82, 2.24) is 9.71 Å². The van der Waals surface area contributed by atoms with E-state index in [1.807, 2.05) is 24.3 Å². The molecule has 0 fully saturated rings. The molecule has 0 aliphatic heterocycles. The van der Waals surface area contributed by atoms with Crippen LogP contribution in [-0.4, -0.2) is 20.4 Å². The number of nitrogens with one attached hydrogen (secondary N) is 2. The Kier molecular flexibility index (Phi) is 4.74. The average Bonchev–Trinajstić information content (AvgIpc) is 2.46. The molecule has 0 atom stereocenters. The molecule has 0 amide bonds. The van der Waals surface area contributed by atoms with E-state index in [0.29, 0.717) is 5.82 Å². The maximum Gasteiger partial charge on any atom is 0.241 e. The van der Waals surface area contributed by atoms with Crippen LogP contribution in [-0.2, 0) is 16.6 Å². The lowest BCUT2D eigenvalue weighted by atomic mass is 10.2. The van der Waals surface area contributed by atoms with E-state index in [1.54, 1.807) is 7.05 Å². The lowest BCUT2D eigenvalue weighted by molar-refractivity contribution is 0.581. The Morgan fingerprint density at radius 3 is 2.70 bits per heavy atom. The Morgan fingerprint density at radius 2 is 2.00 bits per heavy atom. The first-order chi connectivity index (χ1) is 9.53. The minimum Gasteiger partial charge on any atom is -0.373 e. The van der Waals surface area contributed by atoms with E-state index in [9.17, 15) is 8.42 Å². The Labute approximate surface area is 126 Å². The van der Waals surface area contributed by atoms with Crippen LogP contribution in [0, 0.1) is 0 Å². The van der Waals surface area contributed by atoms with E-state index in [4.69, 9.17) is 0 Å². The van der Waals surface area contributed by atoms with Gasteiger partial charge in [-0.25, -0.2) is 18.1 Å². The Morgan fingerprint density at radius 1 is 1.25 bits per heavy atom. The van der Waals surface area contributed by atoms with E-state index in [1.165, 1.54) is 18.3 Å². The molecule has 1 aromatic carbocycles. The lowest BCUT2D eigenvalue weighted by Gasteiger charge is -2.09. The molecule has 2 rings (SSSR count). The highest BCUT2D eigenvalue weighted by Crippen LogP contribution is 2.17. The van der Waals surface area contributed by atoms with Gasteiger partial charge < -0.3 is 5.32 Å². The molecule has 2 aromatic rings. The second-order valence-corrected chi connectivity index (χ2v) is 6.66. The summed E-state index contributed by atoms with van der Waals surface area (Å²) in [5, 5.41) is 2.81. The van der Waals surface area contributed by atoms with Crippen molar-refractivity contribution in [3.8, 4) is 0 Å². The summed E-state index contributed by atoms with van der Waals surface area (Å²) in [5.41, 5.74) is 0.874. The van der Waals surface area contributed by atoms with Gasteiger partial charge in [0.05, 0.1) is 4.90 Å². The van der Waals surface area contributed by atoms with Crippen LogP contribution < -0.4 is 10.0 Å². The van der Waals surface area contributed by atoms with Gasteiger partial charge in [-0.3, -0.25) is 0 Å². The van der Waals surface area contributed by atoms with Crippen LogP contribution in [0.25, 0.3) is 0 Å². The number of rotatable bonds is 5. The van der Waals surface area contributed by atoms with E-state index in [0.717, 1.165) is 10.0 Å². The Balaban J connectivity index is 2.17. The zero-order valence-corrected chi connectivity index (χ0v) is 13.2. The van der Waals surface area contributed by atoms with E-state index in [-0.39, 0.29) is 11.4 Å². The smallest absolute Gasteiger partial charge is 0.241 e. The Bertz CT molecular complexity index is 704. The highest BCUT2D eigenvalue weighted by atomic mass is 79.9. The number of halogens is 1. The molecule has 0 radical (unpaired) electrons. The number of pyridine rings is 1. The molecule has 5 nitrogen and oxygen atoms in total. The molecule has 0 bridgehead atoms. The van der Waals surface area contributed by atoms with Crippen LogP contribution in [0.2, 0.25) is 0 Å². The normalized spacial score (nSPS) is 11.3. The van der Waals surface area contributed by atoms with Gasteiger partial charge in [-0.05, 0) is 17.7 Å². The van der Waals surface area contributed by atoms with Crippen LogP contribution in [0.5, 0.6) is 0 Å². The van der Waals surface area contributed by atoms with Gasteiger partial charge in [-0.2, -0.15) is 0 Å².